The molecule has 0 aliphatic carbocycles. The highest BCUT2D eigenvalue weighted by Gasteiger charge is 2.17. The summed E-state index contributed by atoms with van der Waals surface area (Å²) in [4.78, 5) is 23.8. The maximum atomic E-state index is 12.4. The van der Waals surface area contributed by atoms with Crippen molar-refractivity contribution in [3.8, 4) is 5.75 Å². The van der Waals surface area contributed by atoms with E-state index in [1.54, 1.807) is 7.11 Å². The number of amides is 2. The summed E-state index contributed by atoms with van der Waals surface area (Å²) >= 11 is 3.41. The molecule has 2 aromatic carbocycles. The maximum Gasteiger partial charge on any atom is 0.222 e. The van der Waals surface area contributed by atoms with Gasteiger partial charge in [0.2, 0.25) is 11.8 Å². The lowest BCUT2D eigenvalue weighted by Crippen LogP contribution is -2.32. The molecule has 0 bridgehead atoms. The first-order valence-corrected chi connectivity index (χ1v) is 8.70. The van der Waals surface area contributed by atoms with Crippen LogP contribution in [0.3, 0.4) is 0 Å². The molecule has 0 saturated carbocycles. The molecule has 25 heavy (non-hydrogen) atoms. The van der Waals surface area contributed by atoms with Crippen LogP contribution in [0.5, 0.6) is 5.75 Å². The van der Waals surface area contributed by atoms with Crippen LogP contribution in [0, 0.1) is 0 Å². The molecule has 1 atom stereocenters. The second kappa shape index (κ2) is 9.22. The Labute approximate surface area is 155 Å². The third-order valence-corrected chi connectivity index (χ3v) is 4.18. The standard InChI is InChI=1S/C19H21BrN2O3/c1-13(23)22-17(14-6-4-3-5-7-14)11-19(24)21-12-15-10-16(20)8-9-18(15)25-2/h3-10,17H,11-12H2,1-2H3,(H,21,24)(H,22,23). The molecule has 132 valence electrons. The second-order valence-electron chi connectivity index (χ2n) is 5.60. The summed E-state index contributed by atoms with van der Waals surface area (Å²) in [6, 6.07) is 14.7. The molecule has 0 fully saturated rings. The van der Waals surface area contributed by atoms with Gasteiger partial charge < -0.3 is 15.4 Å². The van der Waals surface area contributed by atoms with Gasteiger partial charge in [-0.1, -0.05) is 46.3 Å². The lowest BCUT2D eigenvalue weighted by molar-refractivity contribution is -0.122. The molecule has 0 radical (unpaired) electrons. The monoisotopic (exact) mass is 404 g/mol. The third kappa shape index (κ3) is 5.90. The summed E-state index contributed by atoms with van der Waals surface area (Å²) in [5.74, 6) is 0.393. The number of hydrogen-bond acceptors (Lipinski definition) is 3. The highest BCUT2D eigenvalue weighted by atomic mass is 79.9. The first-order valence-electron chi connectivity index (χ1n) is 7.90. The van der Waals surface area contributed by atoms with Crippen LogP contribution in [0.25, 0.3) is 0 Å². The molecule has 2 rings (SSSR count). The van der Waals surface area contributed by atoms with E-state index < -0.39 is 0 Å². The molecule has 2 N–H and O–H groups in total. The van der Waals surface area contributed by atoms with E-state index in [2.05, 4.69) is 26.6 Å². The Morgan fingerprint density at radius 3 is 2.52 bits per heavy atom. The predicted octanol–water partition coefficient (Wildman–Crippen LogP) is 3.34. The molecule has 2 amide bonds. The lowest BCUT2D eigenvalue weighted by Gasteiger charge is -2.18. The normalized spacial score (nSPS) is 11.5. The molecule has 0 spiro atoms. The maximum absolute atomic E-state index is 12.4. The number of hydrogen-bond donors (Lipinski definition) is 2. The quantitative estimate of drug-likeness (QED) is 0.743. The van der Waals surface area contributed by atoms with Crippen LogP contribution in [0.4, 0.5) is 0 Å². The average molecular weight is 405 g/mol. The van der Waals surface area contributed by atoms with Crippen LogP contribution in [0.1, 0.15) is 30.5 Å². The molecule has 0 aliphatic heterocycles. The zero-order valence-electron chi connectivity index (χ0n) is 14.2. The summed E-state index contributed by atoms with van der Waals surface area (Å²) in [6.45, 7) is 1.79. The smallest absolute Gasteiger partial charge is 0.222 e. The van der Waals surface area contributed by atoms with Crippen molar-refractivity contribution in [2.75, 3.05) is 7.11 Å². The fourth-order valence-corrected chi connectivity index (χ4v) is 2.93. The van der Waals surface area contributed by atoms with E-state index >= 15 is 0 Å². The molecule has 6 heteroatoms. The number of benzene rings is 2. The van der Waals surface area contributed by atoms with E-state index in [-0.39, 0.29) is 24.3 Å². The Hall–Kier alpha value is -2.34. The van der Waals surface area contributed by atoms with E-state index in [1.165, 1.54) is 6.92 Å². The zero-order chi connectivity index (χ0) is 18.2. The van der Waals surface area contributed by atoms with Crippen molar-refractivity contribution < 1.29 is 14.3 Å². The minimum absolute atomic E-state index is 0.148. The van der Waals surface area contributed by atoms with E-state index in [0.29, 0.717) is 12.3 Å². The summed E-state index contributed by atoms with van der Waals surface area (Å²) < 4.78 is 6.22. The van der Waals surface area contributed by atoms with Crippen molar-refractivity contribution in [1.82, 2.24) is 10.6 Å². The highest BCUT2D eigenvalue weighted by Crippen LogP contribution is 2.23. The average Bonchev–Trinajstić information content (AvgIpc) is 2.60. The Morgan fingerprint density at radius 1 is 1.16 bits per heavy atom. The predicted molar refractivity (Wildman–Crippen MR) is 100 cm³/mol. The third-order valence-electron chi connectivity index (χ3n) is 3.69. The van der Waals surface area contributed by atoms with Crippen LogP contribution in [-0.2, 0) is 16.1 Å². The van der Waals surface area contributed by atoms with Gasteiger partial charge in [0.1, 0.15) is 5.75 Å². The van der Waals surface area contributed by atoms with Crippen molar-refractivity contribution in [3.05, 3.63) is 64.1 Å². The summed E-state index contributed by atoms with van der Waals surface area (Å²) in [5.41, 5.74) is 1.77. The summed E-state index contributed by atoms with van der Waals surface area (Å²) in [6.07, 6.45) is 0.167. The molecule has 0 aliphatic rings. The van der Waals surface area contributed by atoms with Gasteiger partial charge in [0.25, 0.3) is 0 Å². The Kier molecular flexibility index (Phi) is 7.01. The molecular formula is C19H21BrN2O3. The number of methoxy groups -OCH3 is 1. The second-order valence-corrected chi connectivity index (χ2v) is 6.52. The number of nitrogens with one attached hydrogen (secondary N) is 2. The first kappa shape index (κ1) is 19.0. The number of carbonyl (C=O) groups is 2. The zero-order valence-corrected chi connectivity index (χ0v) is 15.8. The summed E-state index contributed by atoms with van der Waals surface area (Å²) in [5, 5.41) is 5.71. The molecule has 0 saturated heterocycles. The van der Waals surface area contributed by atoms with Gasteiger partial charge in [-0.15, -0.1) is 0 Å². The Balaban J connectivity index is 2.02. The van der Waals surface area contributed by atoms with E-state index in [0.717, 1.165) is 15.6 Å². The molecule has 0 heterocycles. The van der Waals surface area contributed by atoms with E-state index in [1.807, 2.05) is 48.5 Å². The van der Waals surface area contributed by atoms with Gasteiger partial charge >= 0.3 is 0 Å². The molecular weight excluding hydrogens is 384 g/mol. The van der Waals surface area contributed by atoms with E-state index in [4.69, 9.17) is 4.74 Å². The van der Waals surface area contributed by atoms with Gasteiger partial charge in [-0.2, -0.15) is 0 Å². The van der Waals surface area contributed by atoms with Crippen LogP contribution in [-0.4, -0.2) is 18.9 Å². The van der Waals surface area contributed by atoms with Gasteiger partial charge in [0, 0.05) is 23.5 Å². The molecule has 1 unspecified atom stereocenters. The molecule has 0 aromatic heterocycles. The minimum Gasteiger partial charge on any atom is -0.496 e. The van der Waals surface area contributed by atoms with Crippen molar-refractivity contribution >= 4 is 27.7 Å². The van der Waals surface area contributed by atoms with Gasteiger partial charge in [-0.05, 0) is 23.8 Å². The van der Waals surface area contributed by atoms with Crippen LogP contribution >= 0.6 is 15.9 Å². The van der Waals surface area contributed by atoms with Gasteiger partial charge in [-0.3, -0.25) is 9.59 Å². The van der Waals surface area contributed by atoms with Crippen molar-refractivity contribution in [2.24, 2.45) is 0 Å². The van der Waals surface area contributed by atoms with Crippen molar-refractivity contribution in [2.45, 2.75) is 25.9 Å². The molecule has 2 aromatic rings. The number of halogens is 1. The minimum atomic E-state index is -0.358. The van der Waals surface area contributed by atoms with E-state index in [9.17, 15) is 9.59 Å². The van der Waals surface area contributed by atoms with Crippen molar-refractivity contribution in [1.29, 1.82) is 0 Å². The van der Waals surface area contributed by atoms with Gasteiger partial charge in [-0.25, -0.2) is 0 Å². The first-order chi connectivity index (χ1) is 12.0. The Morgan fingerprint density at radius 2 is 1.88 bits per heavy atom. The van der Waals surface area contributed by atoms with Crippen LogP contribution < -0.4 is 15.4 Å². The fourth-order valence-electron chi connectivity index (χ4n) is 2.52. The fraction of sp³-hybridized carbons (Fsp3) is 0.263. The number of carbonyl (C=O) groups excluding carboxylic acids is 2. The van der Waals surface area contributed by atoms with Gasteiger partial charge in [0.05, 0.1) is 19.6 Å². The van der Waals surface area contributed by atoms with Crippen LogP contribution in [0.2, 0.25) is 0 Å². The molecule has 5 nitrogen and oxygen atoms in total. The largest absolute Gasteiger partial charge is 0.496 e. The SMILES string of the molecule is COc1ccc(Br)cc1CNC(=O)CC(NC(C)=O)c1ccccc1. The number of ether oxygens (including phenoxy) is 1. The topological polar surface area (TPSA) is 67.4 Å². The highest BCUT2D eigenvalue weighted by molar-refractivity contribution is 9.10. The van der Waals surface area contributed by atoms with Crippen LogP contribution in [0.15, 0.2) is 53.0 Å². The Bertz CT molecular complexity index is 735. The number of rotatable bonds is 7. The van der Waals surface area contributed by atoms with Gasteiger partial charge in [0.15, 0.2) is 0 Å². The van der Waals surface area contributed by atoms with Crippen molar-refractivity contribution in [3.63, 3.8) is 0 Å². The summed E-state index contributed by atoms with van der Waals surface area (Å²) in [7, 11) is 1.59. The lowest BCUT2D eigenvalue weighted by atomic mass is 10.0.